The van der Waals surface area contributed by atoms with Gasteiger partial charge in [0.05, 0.1) is 5.92 Å². The first-order valence-corrected chi connectivity index (χ1v) is 9.56. The fourth-order valence-corrected chi connectivity index (χ4v) is 4.75. The van der Waals surface area contributed by atoms with Gasteiger partial charge in [-0.15, -0.1) is 0 Å². The quantitative estimate of drug-likeness (QED) is 0.692. The van der Waals surface area contributed by atoms with Crippen LogP contribution in [0, 0.1) is 6.07 Å². The largest absolute Gasteiger partial charge is 0.342 e. The number of nitrogens with zero attached hydrogens (tertiary/aromatic N) is 2. The molecule has 2 aromatic carbocycles. The standard InChI is InChI=1S/C23H23N2O/c1-24(23(26)21-13-10-16-6-2-4-8-20(16)21)19-12-11-18-14-17-7-3-5-9-22(17)25(18)15-19/h2-9,19,21H,10-13,15H2,1H3/t19-,21?/m1/s1. The fraction of sp³-hybridized carbons (Fsp3) is 0.348. The van der Waals surface area contributed by atoms with Crippen LogP contribution in [0.5, 0.6) is 0 Å². The van der Waals surface area contributed by atoms with Gasteiger partial charge in [-0.2, -0.15) is 0 Å². The van der Waals surface area contributed by atoms with Gasteiger partial charge in [0.1, 0.15) is 0 Å². The summed E-state index contributed by atoms with van der Waals surface area (Å²) in [5, 5.41) is 1.18. The molecule has 3 nitrogen and oxygen atoms in total. The second-order valence-corrected chi connectivity index (χ2v) is 7.63. The Bertz CT molecular complexity index is 987. The summed E-state index contributed by atoms with van der Waals surface area (Å²) in [4.78, 5) is 15.2. The van der Waals surface area contributed by atoms with Crippen molar-refractivity contribution in [3.63, 3.8) is 0 Å². The van der Waals surface area contributed by atoms with E-state index in [-0.39, 0.29) is 17.9 Å². The minimum Gasteiger partial charge on any atom is -0.342 e. The SMILES string of the molecule is CN(C(=O)C1CCc2ccccc21)[C@@H]1CCc2[c]c3ccccc3n2C1. The molecule has 0 bridgehead atoms. The van der Waals surface area contributed by atoms with Gasteiger partial charge in [-0.1, -0.05) is 42.5 Å². The Labute approximate surface area is 154 Å². The molecular formula is C23H23N2O. The van der Waals surface area contributed by atoms with E-state index in [2.05, 4.69) is 59.2 Å². The molecule has 3 heteroatoms. The molecule has 2 atom stereocenters. The molecule has 1 aliphatic carbocycles. The molecule has 1 aliphatic heterocycles. The van der Waals surface area contributed by atoms with Gasteiger partial charge in [0.2, 0.25) is 5.91 Å². The maximum absolute atomic E-state index is 13.2. The molecule has 1 radical (unpaired) electrons. The highest BCUT2D eigenvalue weighted by Crippen LogP contribution is 2.35. The number of para-hydroxylation sites is 1. The van der Waals surface area contributed by atoms with E-state index in [0.717, 1.165) is 32.2 Å². The Hall–Kier alpha value is -2.55. The van der Waals surface area contributed by atoms with Gasteiger partial charge in [-0.05, 0) is 42.9 Å². The lowest BCUT2D eigenvalue weighted by molar-refractivity contribution is -0.134. The smallest absolute Gasteiger partial charge is 0.230 e. The predicted molar refractivity (Wildman–Crippen MR) is 103 cm³/mol. The Morgan fingerprint density at radius 3 is 2.81 bits per heavy atom. The van der Waals surface area contributed by atoms with E-state index in [1.165, 1.54) is 27.7 Å². The summed E-state index contributed by atoms with van der Waals surface area (Å²) in [5.41, 5.74) is 5.09. The van der Waals surface area contributed by atoms with Crippen molar-refractivity contribution in [3.8, 4) is 0 Å². The van der Waals surface area contributed by atoms with E-state index < -0.39 is 0 Å². The third-order valence-electron chi connectivity index (χ3n) is 6.23. The highest BCUT2D eigenvalue weighted by molar-refractivity contribution is 5.85. The summed E-state index contributed by atoms with van der Waals surface area (Å²) in [6.07, 6.45) is 3.97. The number of carbonyl (C=O) groups excluding carboxylic acids is 1. The minimum absolute atomic E-state index is 0.0329. The molecular weight excluding hydrogens is 320 g/mol. The van der Waals surface area contributed by atoms with Crippen molar-refractivity contribution >= 4 is 16.8 Å². The molecule has 131 valence electrons. The van der Waals surface area contributed by atoms with Gasteiger partial charge in [-0.25, -0.2) is 0 Å². The fourth-order valence-electron chi connectivity index (χ4n) is 4.75. The van der Waals surface area contributed by atoms with Gasteiger partial charge in [-0.3, -0.25) is 4.79 Å². The number of hydrogen-bond acceptors (Lipinski definition) is 1. The lowest BCUT2D eigenvalue weighted by atomic mass is 9.97. The van der Waals surface area contributed by atoms with Crippen LogP contribution in [-0.4, -0.2) is 28.5 Å². The third-order valence-corrected chi connectivity index (χ3v) is 6.23. The van der Waals surface area contributed by atoms with Crippen molar-refractivity contribution in [2.75, 3.05) is 7.05 Å². The number of likely N-dealkylation sites (N-methyl/N-ethyl adjacent to an activating group) is 1. The number of aromatic nitrogens is 1. The van der Waals surface area contributed by atoms with Gasteiger partial charge in [0.25, 0.3) is 0 Å². The van der Waals surface area contributed by atoms with Gasteiger partial charge in [0.15, 0.2) is 0 Å². The van der Waals surface area contributed by atoms with Crippen LogP contribution >= 0.6 is 0 Å². The molecule has 0 saturated carbocycles. The second-order valence-electron chi connectivity index (χ2n) is 7.63. The minimum atomic E-state index is 0.0329. The van der Waals surface area contributed by atoms with Crippen LogP contribution in [0.15, 0.2) is 48.5 Å². The molecule has 1 amide bonds. The van der Waals surface area contributed by atoms with Crippen LogP contribution < -0.4 is 0 Å². The third kappa shape index (κ3) is 2.38. The molecule has 0 spiro atoms. The number of rotatable bonds is 2. The molecule has 1 aromatic heterocycles. The van der Waals surface area contributed by atoms with Crippen LogP contribution in [0.2, 0.25) is 0 Å². The highest BCUT2D eigenvalue weighted by atomic mass is 16.2. The van der Waals surface area contributed by atoms with Crippen LogP contribution in [-0.2, 0) is 24.2 Å². The summed E-state index contributed by atoms with van der Waals surface area (Å²) in [5.74, 6) is 0.314. The van der Waals surface area contributed by atoms with Crippen molar-refractivity contribution in [2.45, 2.75) is 44.2 Å². The molecule has 26 heavy (non-hydrogen) atoms. The number of benzene rings is 2. The summed E-state index contributed by atoms with van der Waals surface area (Å²) < 4.78 is 2.36. The summed E-state index contributed by atoms with van der Waals surface area (Å²) >= 11 is 0. The Kier molecular flexibility index (Phi) is 3.63. The molecule has 0 N–H and O–H groups in total. The van der Waals surface area contributed by atoms with E-state index in [1.54, 1.807) is 0 Å². The lowest BCUT2D eigenvalue weighted by Crippen LogP contribution is -2.44. The zero-order valence-electron chi connectivity index (χ0n) is 15.1. The van der Waals surface area contributed by atoms with Crippen LogP contribution in [0.25, 0.3) is 10.9 Å². The topological polar surface area (TPSA) is 25.2 Å². The highest BCUT2D eigenvalue weighted by Gasteiger charge is 2.34. The maximum atomic E-state index is 13.2. The zero-order chi connectivity index (χ0) is 17.7. The summed E-state index contributed by atoms with van der Waals surface area (Å²) in [6.45, 7) is 0.871. The molecule has 1 unspecified atom stereocenters. The number of amides is 1. The van der Waals surface area contributed by atoms with Gasteiger partial charge < -0.3 is 9.47 Å². The van der Waals surface area contributed by atoms with Gasteiger partial charge >= 0.3 is 0 Å². The average molecular weight is 343 g/mol. The maximum Gasteiger partial charge on any atom is 0.230 e. The summed E-state index contributed by atoms with van der Waals surface area (Å²) in [7, 11) is 1.99. The molecule has 0 saturated heterocycles. The molecule has 5 rings (SSSR count). The van der Waals surface area contributed by atoms with Gasteiger partial charge in [0, 0.05) is 42.3 Å². The normalized spacial score (nSPS) is 21.4. The number of hydrogen-bond donors (Lipinski definition) is 0. The average Bonchev–Trinajstić information content (AvgIpc) is 3.27. The number of fused-ring (bicyclic) bond motifs is 4. The van der Waals surface area contributed by atoms with Crippen molar-refractivity contribution in [1.29, 1.82) is 0 Å². The Balaban J connectivity index is 1.40. The van der Waals surface area contributed by atoms with E-state index in [1.807, 2.05) is 11.9 Å². The first kappa shape index (κ1) is 15.7. The molecule has 0 fully saturated rings. The molecule has 3 aromatic rings. The van der Waals surface area contributed by atoms with E-state index in [0.29, 0.717) is 0 Å². The molecule has 2 heterocycles. The zero-order valence-corrected chi connectivity index (χ0v) is 15.1. The van der Waals surface area contributed by atoms with E-state index in [4.69, 9.17) is 0 Å². The Morgan fingerprint density at radius 2 is 1.88 bits per heavy atom. The lowest BCUT2D eigenvalue weighted by Gasteiger charge is -2.34. The van der Waals surface area contributed by atoms with Crippen molar-refractivity contribution in [1.82, 2.24) is 9.47 Å². The van der Waals surface area contributed by atoms with Crippen LogP contribution in [0.3, 0.4) is 0 Å². The number of carbonyl (C=O) groups is 1. The van der Waals surface area contributed by atoms with Crippen molar-refractivity contribution in [2.24, 2.45) is 0 Å². The first-order valence-electron chi connectivity index (χ1n) is 9.56. The molecule has 2 aliphatic rings. The monoisotopic (exact) mass is 343 g/mol. The van der Waals surface area contributed by atoms with E-state index in [9.17, 15) is 4.79 Å². The van der Waals surface area contributed by atoms with E-state index >= 15 is 0 Å². The predicted octanol–water partition coefficient (Wildman–Crippen LogP) is 3.94. The van der Waals surface area contributed by atoms with Crippen molar-refractivity contribution in [3.05, 3.63) is 71.4 Å². The number of aryl methyl sites for hydroxylation is 2. The first-order chi connectivity index (χ1) is 12.7. The second kappa shape index (κ2) is 6.01. The summed E-state index contributed by atoms with van der Waals surface area (Å²) in [6, 6.07) is 20.6. The van der Waals surface area contributed by atoms with Crippen LogP contribution in [0.4, 0.5) is 0 Å². The Morgan fingerprint density at radius 1 is 1.08 bits per heavy atom. The van der Waals surface area contributed by atoms with Crippen LogP contribution in [0.1, 0.15) is 35.6 Å². The van der Waals surface area contributed by atoms with Crippen molar-refractivity contribution < 1.29 is 4.79 Å².